The Hall–Kier alpha value is -3.63. The number of hydrogen-bond donors (Lipinski definition) is 2. The number of rotatable bonds is 6. The molecule has 0 radical (unpaired) electrons. The Bertz CT molecular complexity index is 1310. The van der Waals surface area contributed by atoms with E-state index >= 15 is 0 Å². The van der Waals surface area contributed by atoms with E-state index in [0.29, 0.717) is 29.0 Å². The van der Waals surface area contributed by atoms with Crippen molar-refractivity contribution >= 4 is 28.4 Å². The number of aromatic nitrogens is 3. The molecule has 2 saturated heterocycles. The van der Waals surface area contributed by atoms with Crippen molar-refractivity contribution in [3.8, 4) is 0 Å². The van der Waals surface area contributed by atoms with E-state index in [1.54, 1.807) is 13.0 Å². The first kappa shape index (κ1) is 23.1. The van der Waals surface area contributed by atoms with Crippen molar-refractivity contribution in [1.29, 1.82) is 0 Å². The molecule has 5 rings (SSSR count). The van der Waals surface area contributed by atoms with Gasteiger partial charge < -0.3 is 10.1 Å². The number of anilines is 1. The van der Waals surface area contributed by atoms with E-state index in [2.05, 4.69) is 31.6 Å². The quantitative estimate of drug-likeness (QED) is 0.514. The number of piperidine rings is 1. The van der Waals surface area contributed by atoms with Crippen molar-refractivity contribution < 1.29 is 14.3 Å². The predicted molar refractivity (Wildman–Crippen MR) is 130 cm³/mol. The second-order valence-corrected chi connectivity index (χ2v) is 8.90. The summed E-state index contributed by atoms with van der Waals surface area (Å²) in [7, 11) is 0. The molecule has 1 unspecified atom stereocenters. The molecule has 2 N–H and O–H groups in total. The van der Waals surface area contributed by atoms with E-state index in [1.807, 2.05) is 24.4 Å². The number of carbonyl (C=O) groups is 2. The van der Waals surface area contributed by atoms with Crippen LogP contribution in [0.3, 0.4) is 0 Å². The van der Waals surface area contributed by atoms with Crippen molar-refractivity contribution in [2.24, 2.45) is 0 Å². The lowest BCUT2D eigenvalue weighted by Gasteiger charge is -2.26. The van der Waals surface area contributed by atoms with Gasteiger partial charge in [-0.1, -0.05) is 12.1 Å². The number of nitrogens with one attached hydrogen (secondary N) is 2. The number of benzene rings is 1. The van der Waals surface area contributed by atoms with Crippen LogP contribution in [0, 0.1) is 6.92 Å². The minimum atomic E-state index is -0.758. The van der Waals surface area contributed by atoms with Gasteiger partial charge in [0.1, 0.15) is 11.9 Å². The van der Waals surface area contributed by atoms with Crippen molar-refractivity contribution in [2.45, 2.75) is 38.9 Å². The van der Waals surface area contributed by atoms with Gasteiger partial charge >= 0.3 is 0 Å². The van der Waals surface area contributed by atoms with Gasteiger partial charge in [-0.05, 0) is 37.1 Å². The number of fused-ring (bicyclic) bond motifs is 1. The third-order valence-corrected chi connectivity index (χ3v) is 6.48. The van der Waals surface area contributed by atoms with Gasteiger partial charge in [0.05, 0.1) is 36.4 Å². The fourth-order valence-electron chi connectivity index (χ4n) is 4.65. The molecule has 0 bridgehead atoms. The Morgan fingerprint density at radius 1 is 1.14 bits per heavy atom. The number of ether oxygens (including phenoxy) is 1. The lowest BCUT2D eigenvalue weighted by Crippen LogP contribution is -2.45. The maximum atomic E-state index is 13.5. The van der Waals surface area contributed by atoms with E-state index in [4.69, 9.17) is 4.74 Å². The van der Waals surface area contributed by atoms with Crippen LogP contribution in [0.2, 0.25) is 0 Å². The Morgan fingerprint density at radius 2 is 1.97 bits per heavy atom. The number of nitrogens with zero attached hydrogens (tertiary/aromatic N) is 4. The van der Waals surface area contributed by atoms with Crippen LogP contribution in [0.25, 0.3) is 10.9 Å². The second kappa shape index (κ2) is 9.93. The van der Waals surface area contributed by atoms with Crippen LogP contribution in [0.15, 0.2) is 41.3 Å². The first-order valence-electron chi connectivity index (χ1n) is 11.8. The number of hydrogen-bond acceptors (Lipinski definition) is 8. The average Bonchev–Trinajstić information content (AvgIpc) is 2.85. The van der Waals surface area contributed by atoms with Crippen molar-refractivity contribution in [2.75, 3.05) is 31.6 Å². The number of carbonyl (C=O) groups excluding carboxylic acids is 2. The number of pyridine rings is 1. The maximum Gasteiger partial charge on any atom is 0.264 e. The SMILES string of the molecule is Cc1nc2cccc(NCc3ccc(CN4CCOCC4)cn3)c2c(=O)n1C1CCC(=O)NC1=O. The summed E-state index contributed by atoms with van der Waals surface area (Å²) in [4.78, 5) is 49.0. The third kappa shape index (κ3) is 4.94. The van der Waals surface area contributed by atoms with Crippen LogP contribution < -0.4 is 16.2 Å². The molecule has 2 aromatic heterocycles. The van der Waals surface area contributed by atoms with Crippen LogP contribution in [-0.2, 0) is 27.4 Å². The van der Waals surface area contributed by atoms with Gasteiger partial charge in [0.2, 0.25) is 11.8 Å². The van der Waals surface area contributed by atoms with E-state index in [0.717, 1.165) is 44.1 Å². The van der Waals surface area contributed by atoms with Crippen molar-refractivity contribution in [3.63, 3.8) is 0 Å². The average molecular weight is 477 g/mol. The monoisotopic (exact) mass is 476 g/mol. The molecule has 182 valence electrons. The zero-order valence-corrected chi connectivity index (χ0v) is 19.6. The van der Waals surface area contributed by atoms with Gasteiger partial charge in [-0.3, -0.25) is 34.2 Å². The van der Waals surface area contributed by atoms with E-state index < -0.39 is 11.9 Å². The van der Waals surface area contributed by atoms with Crippen LogP contribution >= 0.6 is 0 Å². The number of aryl methyl sites for hydroxylation is 1. The topological polar surface area (TPSA) is 118 Å². The first-order valence-corrected chi connectivity index (χ1v) is 11.8. The summed E-state index contributed by atoms with van der Waals surface area (Å²) < 4.78 is 6.80. The molecule has 0 saturated carbocycles. The highest BCUT2D eigenvalue weighted by atomic mass is 16.5. The van der Waals surface area contributed by atoms with Gasteiger partial charge in [-0.25, -0.2) is 4.98 Å². The fraction of sp³-hybridized carbons (Fsp3) is 0.400. The summed E-state index contributed by atoms with van der Waals surface area (Å²) in [6, 6.07) is 8.74. The molecule has 4 heterocycles. The highest BCUT2D eigenvalue weighted by molar-refractivity contribution is 5.99. The van der Waals surface area contributed by atoms with E-state index in [1.165, 1.54) is 4.57 Å². The molecule has 1 aromatic carbocycles. The van der Waals surface area contributed by atoms with Gasteiger partial charge in [-0.15, -0.1) is 0 Å². The second-order valence-electron chi connectivity index (χ2n) is 8.90. The maximum absolute atomic E-state index is 13.5. The highest BCUT2D eigenvalue weighted by Gasteiger charge is 2.30. The van der Waals surface area contributed by atoms with Gasteiger partial charge in [0, 0.05) is 37.9 Å². The smallest absolute Gasteiger partial charge is 0.264 e. The van der Waals surface area contributed by atoms with Crippen LogP contribution in [0.5, 0.6) is 0 Å². The van der Waals surface area contributed by atoms with Crippen molar-refractivity contribution in [1.82, 2.24) is 24.8 Å². The number of imide groups is 1. The molecule has 10 nitrogen and oxygen atoms in total. The lowest BCUT2D eigenvalue weighted by atomic mass is 10.1. The van der Waals surface area contributed by atoms with Crippen molar-refractivity contribution in [3.05, 3.63) is 64.0 Å². The van der Waals surface area contributed by atoms with Gasteiger partial charge in [0.15, 0.2) is 0 Å². The Labute approximate surface area is 202 Å². The summed E-state index contributed by atoms with van der Waals surface area (Å²) in [5, 5.41) is 6.05. The van der Waals surface area contributed by atoms with Gasteiger partial charge in [0.25, 0.3) is 5.56 Å². The highest BCUT2D eigenvalue weighted by Crippen LogP contribution is 2.23. The molecule has 35 heavy (non-hydrogen) atoms. The van der Waals surface area contributed by atoms with Crippen LogP contribution in [0.4, 0.5) is 5.69 Å². The Morgan fingerprint density at radius 3 is 2.71 bits per heavy atom. The zero-order chi connectivity index (χ0) is 24.4. The minimum Gasteiger partial charge on any atom is -0.379 e. The minimum absolute atomic E-state index is 0.188. The molecule has 10 heteroatoms. The molecule has 0 spiro atoms. The standard InChI is InChI=1S/C25H28N6O4/c1-16-28-20-4-2-3-19(23(20)25(34)31(16)21-7-8-22(32)29-24(21)33)27-14-18-6-5-17(13-26-18)15-30-9-11-35-12-10-30/h2-6,13,21,27H,7-12,14-15H2,1H3,(H,29,32,33). The molecular weight excluding hydrogens is 448 g/mol. The third-order valence-electron chi connectivity index (χ3n) is 6.48. The first-order chi connectivity index (χ1) is 17.0. The lowest BCUT2D eigenvalue weighted by molar-refractivity contribution is -0.135. The summed E-state index contributed by atoms with van der Waals surface area (Å²) >= 11 is 0. The predicted octanol–water partition coefficient (Wildman–Crippen LogP) is 1.52. The van der Waals surface area contributed by atoms with Crippen LogP contribution in [0.1, 0.15) is 36.0 Å². The molecule has 2 fully saturated rings. The molecule has 2 amide bonds. The van der Waals surface area contributed by atoms with Crippen LogP contribution in [-0.4, -0.2) is 57.6 Å². The molecule has 3 aromatic rings. The zero-order valence-electron chi connectivity index (χ0n) is 19.6. The normalized spacial score (nSPS) is 19.1. The number of amides is 2. The largest absolute Gasteiger partial charge is 0.379 e. The van der Waals surface area contributed by atoms with E-state index in [-0.39, 0.29) is 24.3 Å². The Kier molecular flexibility index (Phi) is 6.56. The fourth-order valence-corrected chi connectivity index (χ4v) is 4.65. The summed E-state index contributed by atoms with van der Waals surface area (Å²) in [6.07, 6.45) is 2.35. The molecular formula is C25H28N6O4. The number of morpholine rings is 1. The Balaban J connectivity index is 1.36. The molecule has 1 atom stereocenters. The van der Waals surface area contributed by atoms with Gasteiger partial charge in [-0.2, -0.15) is 0 Å². The van der Waals surface area contributed by atoms with E-state index in [9.17, 15) is 14.4 Å². The molecule has 2 aliphatic rings. The molecule has 2 aliphatic heterocycles. The summed E-state index contributed by atoms with van der Waals surface area (Å²) in [6.45, 7) is 6.36. The molecule has 0 aliphatic carbocycles. The summed E-state index contributed by atoms with van der Waals surface area (Å²) in [5.74, 6) is -0.359. The summed E-state index contributed by atoms with van der Waals surface area (Å²) in [5.41, 5.74) is 2.86.